The van der Waals surface area contributed by atoms with Gasteiger partial charge in [-0.15, -0.1) is 0 Å². The SMILES string of the molecule is O=C(NC1(CO)CCCCC1)OCC(F)(F)F. The number of nitrogens with one attached hydrogen (secondary N) is 1. The first-order chi connectivity index (χ1) is 7.87. The molecule has 0 unspecified atom stereocenters. The van der Waals surface area contributed by atoms with Crippen molar-refractivity contribution in [3.8, 4) is 0 Å². The summed E-state index contributed by atoms with van der Waals surface area (Å²) in [5, 5.41) is 11.6. The molecule has 1 amide bonds. The summed E-state index contributed by atoms with van der Waals surface area (Å²) in [7, 11) is 0. The Kier molecular flexibility index (Phi) is 4.62. The number of ether oxygens (including phenoxy) is 1. The van der Waals surface area contributed by atoms with Gasteiger partial charge in [-0.3, -0.25) is 0 Å². The topological polar surface area (TPSA) is 58.6 Å². The smallest absolute Gasteiger partial charge is 0.422 e. The van der Waals surface area contributed by atoms with E-state index in [1.54, 1.807) is 0 Å². The Morgan fingerprint density at radius 3 is 2.35 bits per heavy atom. The monoisotopic (exact) mass is 255 g/mol. The summed E-state index contributed by atoms with van der Waals surface area (Å²) in [4.78, 5) is 11.2. The minimum absolute atomic E-state index is 0.284. The highest BCUT2D eigenvalue weighted by Gasteiger charge is 2.35. The maximum absolute atomic E-state index is 11.8. The van der Waals surface area contributed by atoms with Crippen LogP contribution < -0.4 is 5.32 Å². The number of alkyl halides is 3. The van der Waals surface area contributed by atoms with E-state index < -0.39 is 24.4 Å². The third-order valence-corrected chi connectivity index (χ3v) is 2.85. The first-order valence-electron chi connectivity index (χ1n) is 5.49. The maximum atomic E-state index is 11.8. The Hall–Kier alpha value is -0.980. The predicted octanol–water partition coefficient (Wildman–Crippen LogP) is 1.97. The molecule has 1 aliphatic rings. The van der Waals surface area contributed by atoms with Gasteiger partial charge in [0.1, 0.15) is 0 Å². The third kappa shape index (κ3) is 4.80. The van der Waals surface area contributed by atoms with Crippen molar-refractivity contribution in [1.82, 2.24) is 5.32 Å². The van der Waals surface area contributed by atoms with Crippen LogP contribution in [0.15, 0.2) is 0 Å². The number of carbonyl (C=O) groups is 1. The van der Waals surface area contributed by atoms with Crippen LogP contribution >= 0.6 is 0 Å². The number of rotatable bonds is 3. The van der Waals surface area contributed by atoms with Crippen LogP contribution in [0.2, 0.25) is 0 Å². The van der Waals surface area contributed by atoms with Gasteiger partial charge >= 0.3 is 12.3 Å². The minimum atomic E-state index is -4.53. The molecule has 7 heteroatoms. The second-order valence-corrected chi connectivity index (χ2v) is 4.32. The number of alkyl carbamates (subject to hydrolysis) is 1. The number of aliphatic hydroxyl groups excluding tert-OH is 1. The van der Waals surface area contributed by atoms with E-state index in [0.717, 1.165) is 19.3 Å². The van der Waals surface area contributed by atoms with Crippen molar-refractivity contribution in [2.75, 3.05) is 13.2 Å². The predicted molar refractivity (Wildman–Crippen MR) is 53.4 cm³/mol. The van der Waals surface area contributed by atoms with Gasteiger partial charge in [-0.05, 0) is 12.8 Å². The molecule has 2 N–H and O–H groups in total. The molecule has 0 bridgehead atoms. The van der Waals surface area contributed by atoms with Crippen LogP contribution in [0.4, 0.5) is 18.0 Å². The second-order valence-electron chi connectivity index (χ2n) is 4.32. The Morgan fingerprint density at radius 1 is 1.29 bits per heavy atom. The van der Waals surface area contributed by atoms with Crippen molar-refractivity contribution < 1.29 is 27.8 Å². The van der Waals surface area contributed by atoms with Crippen LogP contribution in [0, 0.1) is 0 Å². The fourth-order valence-corrected chi connectivity index (χ4v) is 1.95. The summed E-state index contributed by atoms with van der Waals surface area (Å²) in [6, 6.07) is 0. The lowest BCUT2D eigenvalue weighted by atomic mass is 9.82. The molecule has 4 nitrogen and oxygen atoms in total. The highest BCUT2D eigenvalue weighted by atomic mass is 19.4. The van der Waals surface area contributed by atoms with Crippen molar-refractivity contribution in [3.63, 3.8) is 0 Å². The fraction of sp³-hybridized carbons (Fsp3) is 0.900. The third-order valence-electron chi connectivity index (χ3n) is 2.85. The van der Waals surface area contributed by atoms with Crippen LogP contribution in [0.5, 0.6) is 0 Å². The van der Waals surface area contributed by atoms with E-state index in [0.29, 0.717) is 12.8 Å². The average molecular weight is 255 g/mol. The molecule has 0 aromatic carbocycles. The first kappa shape index (κ1) is 14.1. The van der Waals surface area contributed by atoms with E-state index in [-0.39, 0.29) is 6.61 Å². The highest BCUT2D eigenvalue weighted by molar-refractivity contribution is 5.68. The lowest BCUT2D eigenvalue weighted by Crippen LogP contribution is -2.53. The van der Waals surface area contributed by atoms with Gasteiger partial charge < -0.3 is 15.2 Å². The standard InChI is InChI=1S/C10H16F3NO3/c11-10(12,13)7-17-8(16)14-9(6-15)4-2-1-3-5-9/h15H,1-7H2,(H,14,16). The van der Waals surface area contributed by atoms with Gasteiger partial charge in [-0.2, -0.15) is 13.2 Å². The molecule has 1 fully saturated rings. The first-order valence-corrected chi connectivity index (χ1v) is 5.49. The molecule has 100 valence electrons. The number of hydrogen-bond acceptors (Lipinski definition) is 3. The van der Waals surface area contributed by atoms with E-state index in [4.69, 9.17) is 0 Å². The van der Waals surface area contributed by atoms with Gasteiger partial charge in [0.25, 0.3) is 0 Å². The van der Waals surface area contributed by atoms with Crippen LogP contribution in [-0.2, 0) is 4.74 Å². The van der Waals surface area contributed by atoms with E-state index in [2.05, 4.69) is 10.1 Å². The zero-order chi connectivity index (χ0) is 12.9. The molecule has 0 aliphatic heterocycles. The summed E-state index contributed by atoms with van der Waals surface area (Å²) < 4.78 is 39.5. The summed E-state index contributed by atoms with van der Waals surface area (Å²) in [6.45, 7) is -1.89. The number of halogens is 3. The zero-order valence-electron chi connectivity index (χ0n) is 9.35. The quantitative estimate of drug-likeness (QED) is 0.810. The molecule has 1 saturated carbocycles. The van der Waals surface area contributed by atoms with Gasteiger partial charge in [-0.1, -0.05) is 19.3 Å². The summed E-state index contributed by atoms with van der Waals surface area (Å²) in [5.41, 5.74) is -0.819. The molecular formula is C10H16F3NO3. The molecule has 0 heterocycles. The van der Waals surface area contributed by atoms with E-state index >= 15 is 0 Å². The Balaban J connectivity index is 2.42. The lowest BCUT2D eigenvalue weighted by molar-refractivity contribution is -0.160. The van der Waals surface area contributed by atoms with Crippen molar-refractivity contribution in [3.05, 3.63) is 0 Å². The molecule has 1 aliphatic carbocycles. The largest absolute Gasteiger partial charge is 0.440 e. The van der Waals surface area contributed by atoms with Crippen molar-refractivity contribution >= 4 is 6.09 Å². The summed E-state index contributed by atoms with van der Waals surface area (Å²) in [5.74, 6) is 0. The fourth-order valence-electron chi connectivity index (χ4n) is 1.95. The average Bonchev–Trinajstić information content (AvgIpc) is 2.27. The van der Waals surface area contributed by atoms with Crippen LogP contribution in [0.1, 0.15) is 32.1 Å². The molecule has 0 radical (unpaired) electrons. The highest BCUT2D eigenvalue weighted by Crippen LogP contribution is 2.27. The number of carbonyl (C=O) groups excluding carboxylic acids is 1. The Morgan fingerprint density at radius 2 is 1.88 bits per heavy atom. The molecule has 0 atom stereocenters. The molecule has 17 heavy (non-hydrogen) atoms. The molecule has 0 spiro atoms. The normalized spacial score (nSPS) is 19.8. The van der Waals surface area contributed by atoms with Gasteiger partial charge in [0.2, 0.25) is 0 Å². The minimum Gasteiger partial charge on any atom is -0.440 e. The lowest BCUT2D eigenvalue weighted by Gasteiger charge is -2.35. The Bertz CT molecular complexity index is 262. The molecule has 0 saturated heterocycles. The van der Waals surface area contributed by atoms with Crippen molar-refractivity contribution in [2.24, 2.45) is 0 Å². The van der Waals surface area contributed by atoms with Crippen LogP contribution in [0.3, 0.4) is 0 Å². The second kappa shape index (κ2) is 5.57. The van der Waals surface area contributed by atoms with E-state index in [1.807, 2.05) is 0 Å². The van der Waals surface area contributed by atoms with Crippen LogP contribution in [-0.4, -0.2) is 36.1 Å². The molecule has 0 aromatic heterocycles. The van der Waals surface area contributed by atoms with Crippen LogP contribution in [0.25, 0.3) is 0 Å². The van der Waals surface area contributed by atoms with Crippen molar-refractivity contribution in [2.45, 2.75) is 43.8 Å². The van der Waals surface area contributed by atoms with Gasteiger partial charge in [-0.25, -0.2) is 4.79 Å². The van der Waals surface area contributed by atoms with Gasteiger partial charge in [0, 0.05) is 0 Å². The Labute approximate surface area is 97.1 Å². The van der Waals surface area contributed by atoms with Gasteiger partial charge in [0.15, 0.2) is 6.61 Å². The molecular weight excluding hydrogens is 239 g/mol. The molecule has 0 aromatic rings. The van der Waals surface area contributed by atoms with E-state index in [9.17, 15) is 23.1 Å². The van der Waals surface area contributed by atoms with Crippen molar-refractivity contribution in [1.29, 1.82) is 0 Å². The van der Waals surface area contributed by atoms with Gasteiger partial charge in [0.05, 0.1) is 12.1 Å². The number of amides is 1. The molecule has 1 rings (SSSR count). The number of aliphatic hydroxyl groups is 1. The summed E-state index contributed by atoms with van der Waals surface area (Å²) in [6.07, 6.45) is -1.87. The zero-order valence-corrected chi connectivity index (χ0v) is 9.35. The number of hydrogen-bond donors (Lipinski definition) is 2. The summed E-state index contributed by atoms with van der Waals surface area (Å²) >= 11 is 0. The van der Waals surface area contributed by atoms with E-state index in [1.165, 1.54) is 0 Å². The maximum Gasteiger partial charge on any atom is 0.422 e.